The molecule has 162 valence electrons. The van der Waals surface area contributed by atoms with Gasteiger partial charge >= 0.3 is 0 Å². The predicted molar refractivity (Wildman–Crippen MR) is 127 cm³/mol. The number of ether oxygens (including phenoxy) is 1. The van der Waals surface area contributed by atoms with Gasteiger partial charge in [-0.15, -0.1) is 0 Å². The molecule has 1 fully saturated rings. The number of aromatic nitrogens is 4. The first-order chi connectivity index (χ1) is 15.7. The maximum atomic E-state index is 6.16. The summed E-state index contributed by atoms with van der Waals surface area (Å²) in [5.74, 6) is 1.21. The van der Waals surface area contributed by atoms with Crippen molar-refractivity contribution in [2.45, 2.75) is 6.92 Å². The van der Waals surface area contributed by atoms with Gasteiger partial charge in [-0.05, 0) is 30.7 Å². The van der Waals surface area contributed by atoms with E-state index in [1.807, 2.05) is 36.4 Å². The van der Waals surface area contributed by atoms with Crippen molar-refractivity contribution in [1.29, 1.82) is 0 Å². The number of imidazole rings is 1. The van der Waals surface area contributed by atoms with E-state index in [-0.39, 0.29) is 0 Å². The molecule has 0 atom stereocenters. The van der Waals surface area contributed by atoms with Crippen LogP contribution in [0.2, 0.25) is 5.02 Å². The first kappa shape index (κ1) is 20.4. The lowest BCUT2D eigenvalue weighted by molar-refractivity contribution is 0.122. The Kier molecular flexibility index (Phi) is 5.70. The van der Waals surface area contributed by atoms with Gasteiger partial charge in [0.2, 0.25) is 5.95 Å². The Hall–Kier alpha value is -3.49. The molecule has 2 aromatic carbocycles. The summed E-state index contributed by atoms with van der Waals surface area (Å²) in [7, 11) is 0. The fraction of sp³-hybridized carbons (Fsp3) is 0.217. The zero-order valence-electron chi connectivity index (χ0n) is 17.6. The zero-order valence-corrected chi connectivity index (χ0v) is 18.3. The van der Waals surface area contributed by atoms with Crippen molar-refractivity contribution in [2.75, 3.05) is 36.5 Å². The fourth-order valence-corrected chi connectivity index (χ4v) is 3.73. The van der Waals surface area contributed by atoms with Crippen molar-refractivity contribution in [1.82, 2.24) is 19.6 Å². The predicted octanol–water partition coefficient (Wildman–Crippen LogP) is 4.25. The molecule has 0 bridgehead atoms. The molecule has 0 saturated carbocycles. The summed E-state index contributed by atoms with van der Waals surface area (Å²) in [6, 6.07) is 15.6. The van der Waals surface area contributed by atoms with E-state index < -0.39 is 0 Å². The number of benzene rings is 2. The summed E-state index contributed by atoms with van der Waals surface area (Å²) in [6.07, 6.45) is 3.45. The number of aryl methyl sites for hydroxylation is 1. The van der Waals surface area contributed by atoms with Gasteiger partial charge in [-0.3, -0.25) is 0 Å². The van der Waals surface area contributed by atoms with E-state index in [9.17, 15) is 0 Å². The number of hydrogen-bond acceptors (Lipinski definition) is 7. The molecule has 1 saturated heterocycles. The van der Waals surface area contributed by atoms with E-state index in [1.165, 1.54) is 5.56 Å². The second-order valence-electron chi connectivity index (χ2n) is 7.53. The highest BCUT2D eigenvalue weighted by molar-refractivity contribution is 6.30. The highest BCUT2D eigenvalue weighted by atomic mass is 35.5. The van der Waals surface area contributed by atoms with Crippen molar-refractivity contribution < 1.29 is 4.74 Å². The number of fused-ring (bicyclic) bond motifs is 1. The van der Waals surface area contributed by atoms with E-state index in [0.717, 1.165) is 24.3 Å². The van der Waals surface area contributed by atoms with Crippen LogP contribution in [0.5, 0.6) is 0 Å². The largest absolute Gasteiger partial charge is 0.378 e. The van der Waals surface area contributed by atoms with Gasteiger partial charge in [-0.1, -0.05) is 47.5 Å². The van der Waals surface area contributed by atoms with Crippen LogP contribution in [0, 0.1) is 6.92 Å². The van der Waals surface area contributed by atoms with E-state index in [1.54, 1.807) is 17.2 Å². The molecule has 0 aliphatic carbocycles. The minimum atomic E-state index is 0.600. The van der Waals surface area contributed by atoms with Gasteiger partial charge in [0.05, 0.1) is 19.4 Å². The maximum absolute atomic E-state index is 6.16. The normalized spacial score (nSPS) is 14.4. The summed E-state index contributed by atoms with van der Waals surface area (Å²) < 4.78 is 7.16. The average Bonchev–Trinajstić information content (AvgIpc) is 3.22. The lowest BCUT2D eigenvalue weighted by Crippen LogP contribution is -2.37. The molecule has 32 heavy (non-hydrogen) atoms. The standard InChI is InChI=1S/C23H22ClN7O/c1-16-4-2-5-17(12-16)14-26-31-15-25-20-21(27-19-7-3-6-18(24)13-19)28-23(29-22(20)31)30-8-10-32-11-9-30/h2-7,12-15H,8-11H2,1H3,(H,27,28,29)/b26-14+. The Bertz CT molecular complexity index is 1280. The van der Waals surface area contributed by atoms with Crippen LogP contribution >= 0.6 is 11.6 Å². The van der Waals surface area contributed by atoms with Crippen molar-refractivity contribution in [3.05, 3.63) is 71.0 Å². The lowest BCUT2D eigenvalue weighted by Gasteiger charge is -2.27. The van der Waals surface area contributed by atoms with Gasteiger partial charge in [0.25, 0.3) is 0 Å². The second-order valence-corrected chi connectivity index (χ2v) is 7.96. The summed E-state index contributed by atoms with van der Waals surface area (Å²) >= 11 is 6.16. The van der Waals surface area contributed by atoms with Gasteiger partial charge in [0.1, 0.15) is 6.33 Å². The Balaban J connectivity index is 1.57. The molecule has 0 unspecified atom stereocenters. The smallest absolute Gasteiger partial charge is 0.229 e. The summed E-state index contributed by atoms with van der Waals surface area (Å²) in [4.78, 5) is 16.2. The van der Waals surface area contributed by atoms with Crippen molar-refractivity contribution >= 4 is 46.4 Å². The Morgan fingerprint density at radius 2 is 1.94 bits per heavy atom. The van der Waals surface area contributed by atoms with E-state index in [0.29, 0.717) is 41.2 Å². The van der Waals surface area contributed by atoms with Crippen LogP contribution in [-0.2, 0) is 4.74 Å². The van der Waals surface area contributed by atoms with Gasteiger partial charge in [0, 0.05) is 23.8 Å². The van der Waals surface area contributed by atoms with E-state index in [2.05, 4.69) is 39.4 Å². The van der Waals surface area contributed by atoms with Crippen LogP contribution < -0.4 is 10.2 Å². The quantitative estimate of drug-likeness (QED) is 0.461. The Morgan fingerprint density at radius 1 is 1.09 bits per heavy atom. The fourth-order valence-electron chi connectivity index (χ4n) is 3.54. The number of nitrogens with zero attached hydrogens (tertiary/aromatic N) is 6. The molecule has 9 heteroatoms. The molecule has 0 radical (unpaired) electrons. The maximum Gasteiger partial charge on any atom is 0.229 e. The number of morpholine rings is 1. The molecular formula is C23H22ClN7O. The van der Waals surface area contributed by atoms with Crippen LogP contribution in [0.25, 0.3) is 11.2 Å². The third kappa shape index (κ3) is 4.42. The Morgan fingerprint density at radius 3 is 2.75 bits per heavy atom. The molecule has 1 aliphatic rings. The Labute approximate surface area is 190 Å². The molecule has 2 aromatic heterocycles. The number of rotatable bonds is 5. The van der Waals surface area contributed by atoms with Crippen LogP contribution in [0.3, 0.4) is 0 Å². The monoisotopic (exact) mass is 447 g/mol. The molecule has 8 nitrogen and oxygen atoms in total. The first-order valence-electron chi connectivity index (χ1n) is 10.4. The molecule has 1 aliphatic heterocycles. The average molecular weight is 448 g/mol. The number of anilines is 3. The van der Waals surface area contributed by atoms with Crippen LogP contribution in [0.4, 0.5) is 17.5 Å². The van der Waals surface area contributed by atoms with Gasteiger partial charge in [-0.25, -0.2) is 9.66 Å². The highest BCUT2D eigenvalue weighted by Crippen LogP contribution is 2.27. The second kappa shape index (κ2) is 8.94. The molecule has 0 amide bonds. The van der Waals surface area contributed by atoms with Crippen molar-refractivity contribution in [3.8, 4) is 0 Å². The summed E-state index contributed by atoms with van der Waals surface area (Å²) in [5.41, 5.74) is 4.25. The topological polar surface area (TPSA) is 80.5 Å². The minimum absolute atomic E-state index is 0.600. The van der Waals surface area contributed by atoms with Crippen molar-refractivity contribution in [3.63, 3.8) is 0 Å². The molecule has 0 spiro atoms. The highest BCUT2D eigenvalue weighted by Gasteiger charge is 2.19. The third-order valence-corrected chi connectivity index (χ3v) is 5.36. The number of nitrogens with one attached hydrogen (secondary N) is 1. The van der Waals surface area contributed by atoms with Gasteiger partial charge in [-0.2, -0.15) is 15.1 Å². The first-order valence-corrected chi connectivity index (χ1v) is 10.7. The molecule has 3 heterocycles. The zero-order chi connectivity index (χ0) is 21.9. The SMILES string of the molecule is Cc1cccc(/C=N/n2cnc3c(Nc4cccc(Cl)c4)nc(N4CCOCC4)nc32)c1. The van der Waals surface area contributed by atoms with Gasteiger partial charge in [0.15, 0.2) is 17.0 Å². The molecule has 1 N–H and O–H groups in total. The van der Waals surface area contributed by atoms with E-state index in [4.69, 9.17) is 26.3 Å². The van der Waals surface area contributed by atoms with E-state index >= 15 is 0 Å². The van der Waals surface area contributed by atoms with Crippen LogP contribution in [0.15, 0.2) is 60.0 Å². The molecule has 5 rings (SSSR count). The summed E-state index contributed by atoms with van der Waals surface area (Å²) in [6.45, 7) is 4.79. The number of halogens is 1. The minimum Gasteiger partial charge on any atom is -0.378 e. The molecule has 4 aromatic rings. The third-order valence-electron chi connectivity index (χ3n) is 5.12. The lowest BCUT2D eigenvalue weighted by atomic mass is 10.2. The van der Waals surface area contributed by atoms with Crippen LogP contribution in [-0.4, -0.2) is 52.1 Å². The molecular weight excluding hydrogens is 426 g/mol. The van der Waals surface area contributed by atoms with Gasteiger partial charge < -0.3 is 15.0 Å². The number of hydrogen-bond donors (Lipinski definition) is 1. The summed E-state index contributed by atoms with van der Waals surface area (Å²) in [5, 5.41) is 8.58. The van der Waals surface area contributed by atoms with Crippen molar-refractivity contribution in [2.24, 2.45) is 5.10 Å². The van der Waals surface area contributed by atoms with Crippen LogP contribution in [0.1, 0.15) is 11.1 Å².